The zero-order chi connectivity index (χ0) is 9.90. The van der Waals surface area contributed by atoms with E-state index in [2.05, 4.69) is 0 Å². The van der Waals surface area contributed by atoms with E-state index >= 15 is 0 Å². The Bertz CT molecular complexity index is 186. The summed E-state index contributed by atoms with van der Waals surface area (Å²) in [6, 6.07) is 0. The molecule has 0 aromatic carbocycles. The van der Waals surface area contributed by atoms with Gasteiger partial charge in [-0.25, -0.2) is 4.79 Å². The average molecular weight is 188 g/mol. The Morgan fingerprint density at radius 3 is 2.46 bits per heavy atom. The third-order valence-corrected chi connectivity index (χ3v) is 2.81. The van der Waals surface area contributed by atoms with E-state index in [-0.39, 0.29) is 12.3 Å². The molecule has 1 rings (SSSR count). The summed E-state index contributed by atoms with van der Waals surface area (Å²) in [5.41, 5.74) is -1.55. The van der Waals surface area contributed by atoms with Gasteiger partial charge in [0.15, 0.2) is 5.60 Å². The van der Waals surface area contributed by atoms with Crippen molar-refractivity contribution in [3.63, 3.8) is 0 Å². The summed E-state index contributed by atoms with van der Waals surface area (Å²) in [7, 11) is 0. The van der Waals surface area contributed by atoms with Crippen LogP contribution in [0.3, 0.4) is 0 Å². The minimum absolute atomic E-state index is 0.163. The standard InChI is InChI=1S/C9H16O4/c1-2-9(12,8(10)11)7-3-5-13-6-4-7/h7,12H,2-6H2,1H3,(H,10,11). The fourth-order valence-electron chi connectivity index (χ4n) is 1.79. The quantitative estimate of drug-likeness (QED) is 0.682. The van der Waals surface area contributed by atoms with Crippen molar-refractivity contribution in [3.05, 3.63) is 0 Å². The Hall–Kier alpha value is -0.610. The molecule has 4 nitrogen and oxygen atoms in total. The van der Waals surface area contributed by atoms with Crippen LogP contribution in [-0.4, -0.2) is 35.0 Å². The molecule has 13 heavy (non-hydrogen) atoms. The zero-order valence-corrected chi connectivity index (χ0v) is 7.82. The van der Waals surface area contributed by atoms with Crippen LogP contribution in [0.5, 0.6) is 0 Å². The van der Waals surface area contributed by atoms with Crippen LogP contribution in [0, 0.1) is 5.92 Å². The molecule has 0 aliphatic carbocycles. The summed E-state index contributed by atoms with van der Waals surface area (Å²) < 4.78 is 5.12. The first-order valence-electron chi connectivity index (χ1n) is 4.64. The van der Waals surface area contributed by atoms with E-state index in [1.54, 1.807) is 6.92 Å². The Kier molecular flexibility index (Phi) is 3.27. The SMILES string of the molecule is CCC(O)(C(=O)O)C1CCOCC1. The second-order valence-corrected chi connectivity index (χ2v) is 3.47. The molecule has 0 aromatic rings. The summed E-state index contributed by atoms with van der Waals surface area (Å²) >= 11 is 0. The molecule has 1 unspecified atom stereocenters. The number of carboxylic acids is 1. The second kappa shape index (κ2) is 4.07. The Balaban J connectivity index is 2.68. The number of carboxylic acid groups (broad SMARTS) is 1. The molecule has 0 amide bonds. The second-order valence-electron chi connectivity index (χ2n) is 3.47. The van der Waals surface area contributed by atoms with Crippen LogP contribution in [0.1, 0.15) is 26.2 Å². The van der Waals surface area contributed by atoms with E-state index in [0.717, 1.165) is 0 Å². The van der Waals surface area contributed by atoms with Gasteiger partial charge < -0.3 is 14.9 Å². The number of aliphatic hydroxyl groups is 1. The lowest BCUT2D eigenvalue weighted by atomic mass is 9.80. The van der Waals surface area contributed by atoms with Crippen molar-refractivity contribution in [1.29, 1.82) is 0 Å². The maximum Gasteiger partial charge on any atom is 0.335 e. The van der Waals surface area contributed by atoms with Crippen LogP contribution in [0.4, 0.5) is 0 Å². The van der Waals surface area contributed by atoms with E-state index in [4.69, 9.17) is 9.84 Å². The predicted octanol–water partition coefficient (Wildman–Crippen LogP) is 0.639. The highest BCUT2D eigenvalue weighted by atomic mass is 16.5. The van der Waals surface area contributed by atoms with Crippen LogP contribution in [0.2, 0.25) is 0 Å². The molecule has 76 valence electrons. The first-order valence-corrected chi connectivity index (χ1v) is 4.64. The number of hydrogen-bond acceptors (Lipinski definition) is 3. The number of hydrogen-bond donors (Lipinski definition) is 2. The van der Waals surface area contributed by atoms with Gasteiger partial charge in [0.05, 0.1) is 0 Å². The molecule has 1 saturated heterocycles. The fourth-order valence-corrected chi connectivity index (χ4v) is 1.79. The van der Waals surface area contributed by atoms with Crippen LogP contribution >= 0.6 is 0 Å². The van der Waals surface area contributed by atoms with Gasteiger partial charge in [-0.3, -0.25) is 0 Å². The highest BCUT2D eigenvalue weighted by Crippen LogP contribution is 2.30. The maximum absolute atomic E-state index is 10.9. The monoisotopic (exact) mass is 188 g/mol. The van der Waals surface area contributed by atoms with Crippen LogP contribution in [0.25, 0.3) is 0 Å². The van der Waals surface area contributed by atoms with Gasteiger partial charge >= 0.3 is 5.97 Å². The van der Waals surface area contributed by atoms with Crippen molar-refractivity contribution in [2.24, 2.45) is 5.92 Å². The van der Waals surface area contributed by atoms with Crippen LogP contribution < -0.4 is 0 Å². The van der Waals surface area contributed by atoms with Gasteiger partial charge in [0.1, 0.15) is 0 Å². The molecule has 2 N–H and O–H groups in total. The first-order chi connectivity index (χ1) is 6.11. The maximum atomic E-state index is 10.9. The summed E-state index contributed by atoms with van der Waals surface area (Å²) in [4.78, 5) is 10.9. The summed E-state index contributed by atoms with van der Waals surface area (Å²) in [5, 5.41) is 18.8. The molecule has 1 atom stereocenters. The Labute approximate surface area is 77.5 Å². The van der Waals surface area contributed by atoms with E-state index in [1.165, 1.54) is 0 Å². The molecule has 1 aliphatic rings. The zero-order valence-electron chi connectivity index (χ0n) is 7.82. The van der Waals surface area contributed by atoms with Crippen LogP contribution in [0.15, 0.2) is 0 Å². The van der Waals surface area contributed by atoms with Gasteiger partial charge in [0.2, 0.25) is 0 Å². The molecule has 4 heteroatoms. The third-order valence-electron chi connectivity index (χ3n) is 2.81. The number of aliphatic carboxylic acids is 1. The molecule has 0 saturated carbocycles. The number of ether oxygens (including phenoxy) is 1. The minimum atomic E-state index is -1.55. The lowest BCUT2D eigenvalue weighted by Crippen LogP contribution is -2.47. The van der Waals surface area contributed by atoms with Crippen molar-refractivity contribution >= 4 is 5.97 Å². The summed E-state index contributed by atoms with van der Waals surface area (Å²) in [6.07, 6.45) is 1.53. The van der Waals surface area contributed by atoms with Gasteiger partial charge in [-0.05, 0) is 19.3 Å². The van der Waals surface area contributed by atoms with E-state index < -0.39 is 11.6 Å². The molecular formula is C9H16O4. The van der Waals surface area contributed by atoms with Gasteiger partial charge in [-0.15, -0.1) is 0 Å². The third kappa shape index (κ3) is 2.00. The molecule has 1 aliphatic heterocycles. The van der Waals surface area contributed by atoms with E-state index in [9.17, 15) is 9.90 Å². The largest absolute Gasteiger partial charge is 0.479 e. The first kappa shape index (κ1) is 10.5. The molecule has 1 heterocycles. The van der Waals surface area contributed by atoms with Crippen molar-refractivity contribution < 1.29 is 19.7 Å². The van der Waals surface area contributed by atoms with Crippen molar-refractivity contribution in [2.75, 3.05) is 13.2 Å². The van der Waals surface area contributed by atoms with Gasteiger partial charge in [0, 0.05) is 19.1 Å². The van der Waals surface area contributed by atoms with Gasteiger partial charge in [-0.1, -0.05) is 6.92 Å². The lowest BCUT2D eigenvalue weighted by Gasteiger charge is -2.34. The number of rotatable bonds is 3. The highest BCUT2D eigenvalue weighted by molar-refractivity contribution is 5.77. The van der Waals surface area contributed by atoms with E-state index in [1.807, 2.05) is 0 Å². The molecule has 0 aromatic heterocycles. The number of carbonyl (C=O) groups is 1. The van der Waals surface area contributed by atoms with Gasteiger partial charge in [0.25, 0.3) is 0 Å². The topological polar surface area (TPSA) is 66.8 Å². The highest BCUT2D eigenvalue weighted by Gasteiger charge is 2.42. The summed E-state index contributed by atoms with van der Waals surface area (Å²) in [6.45, 7) is 2.81. The smallest absolute Gasteiger partial charge is 0.335 e. The van der Waals surface area contributed by atoms with E-state index in [0.29, 0.717) is 26.1 Å². The minimum Gasteiger partial charge on any atom is -0.479 e. The van der Waals surface area contributed by atoms with Crippen LogP contribution in [-0.2, 0) is 9.53 Å². The molecule has 0 spiro atoms. The van der Waals surface area contributed by atoms with Gasteiger partial charge in [-0.2, -0.15) is 0 Å². The predicted molar refractivity (Wildman–Crippen MR) is 46.4 cm³/mol. The van der Waals surface area contributed by atoms with Crippen molar-refractivity contribution in [1.82, 2.24) is 0 Å². The Morgan fingerprint density at radius 1 is 1.54 bits per heavy atom. The van der Waals surface area contributed by atoms with Crippen molar-refractivity contribution in [2.45, 2.75) is 31.8 Å². The lowest BCUT2D eigenvalue weighted by molar-refractivity contribution is -0.169. The molecule has 1 fully saturated rings. The summed E-state index contributed by atoms with van der Waals surface area (Å²) in [5.74, 6) is -1.27. The fraction of sp³-hybridized carbons (Fsp3) is 0.889. The normalized spacial score (nSPS) is 23.8. The molecule has 0 bridgehead atoms. The molecular weight excluding hydrogens is 172 g/mol. The average Bonchev–Trinajstić information content (AvgIpc) is 2.17. The Morgan fingerprint density at radius 2 is 2.08 bits per heavy atom. The molecule has 0 radical (unpaired) electrons. The van der Waals surface area contributed by atoms with Crippen molar-refractivity contribution in [3.8, 4) is 0 Å².